The van der Waals surface area contributed by atoms with Crippen LogP contribution in [0.15, 0.2) is 29.2 Å². The molecule has 2 heterocycles. The third-order valence-corrected chi connectivity index (χ3v) is 4.25. The van der Waals surface area contributed by atoms with Gasteiger partial charge in [-0.15, -0.1) is 0 Å². The lowest BCUT2D eigenvalue weighted by atomic mass is 9.87. The Balaban J connectivity index is 2.16. The van der Waals surface area contributed by atoms with Gasteiger partial charge in [-0.25, -0.2) is 4.79 Å². The third kappa shape index (κ3) is 3.43. The Kier molecular flexibility index (Phi) is 5.02. The predicted octanol–water partition coefficient (Wildman–Crippen LogP) is 1.29. The number of aromatic hydroxyl groups is 1. The number of benzene rings is 1. The van der Waals surface area contributed by atoms with Gasteiger partial charge in [-0.2, -0.15) is 0 Å². The smallest absolute Gasteiger partial charge is 0.343 e. The molecule has 9 heteroatoms. The average molecular weight is 375 g/mol. The first-order chi connectivity index (χ1) is 13.0. The van der Waals surface area contributed by atoms with Crippen LogP contribution in [0.1, 0.15) is 33.8 Å². The van der Waals surface area contributed by atoms with Crippen LogP contribution in [0.2, 0.25) is 0 Å². The minimum absolute atomic E-state index is 0.0596. The number of aromatic amines is 1. The molecule has 1 atom stereocenters. The number of hydrogen-bond donors (Lipinski definition) is 2. The molecule has 9 nitrogen and oxygen atoms in total. The highest BCUT2D eigenvalue weighted by Gasteiger charge is 2.29. The Labute approximate surface area is 153 Å². The van der Waals surface area contributed by atoms with Crippen molar-refractivity contribution in [1.29, 1.82) is 0 Å². The Hall–Kier alpha value is -3.49. The van der Waals surface area contributed by atoms with Crippen LogP contribution in [-0.2, 0) is 14.3 Å². The van der Waals surface area contributed by atoms with Crippen LogP contribution in [-0.4, -0.2) is 43.0 Å². The SMILES string of the molecule is COC(=O)CC(c1ccc2c(c1)OCO2)c1c(O)c(C(=O)OC)c[nH]c1=O. The number of hydrogen-bond acceptors (Lipinski definition) is 8. The Morgan fingerprint density at radius 2 is 1.96 bits per heavy atom. The highest BCUT2D eigenvalue weighted by molar-refractivity contribution is 5.92. The second-order valence-electron chi connectivity index (χ2n) is 5.73. The highest BCUT2D eigenvalue weighted by atomic mass is 16.7. The maximum absolute atomic E-state index is 12.4. The van der Waals surface area contributed by atoms with E-state index in [4.69, 9.17) is 14.2 Å². The van der Waals surface area contributed by atoms with E-state index in [9.17, 15) is 19.5 Å². The van der Waals surface area contributed by atoms with Gasteiger partial charge in [0.1, 0.15) is 11.3 Å². The van der Waals surface area contributed by atoms with Crippen molar-refractivity contribution in [2.24, 2.45) is 0 Å². The zero-order chi connectivity index (χ0) is 19.6. The summed E-state index contributed by atoms with van der Waals surface area (Å²) < 4.78 is 19.9. The van der Waals surface area contributed by atoms with E-state index in [1.807, 2.05) is 0 Å². The quantitative estimate of drug-likeness (QED) is 0.749. The second kappa shape index (κ2) is 7.40. The molecule has 0 aliphatic carbocycles. The van der Waals surface area contributed by atoms with Gasteiger partial charge in [0, 0.05) is 12.1 Å². The molecule has 27 heavy (non-hydrogen) atoms. The van der Waals surface area contributed by atoms with Crippen LogP contribution in [0.5, 0.6) is 17.2 Å². The monoisotopic (exact) mass is 375 g/mol. The van der Waals surface area contributed by atoms with Crippen LogP contribution in [0.25, 0.3) is 0 Å². The Bertz CT molecular complexity index is 949. The number of rotatable bonds is 5. The molecule has 0 saturated heterocycles. The van der Waals surface area contributed by atoms with Gasteiger partial charge in [-0.1, -0.05) is 6.07 Å². The van der Waals surface area contributed by atoms with E-state index < -0.39 is 29.2 Å². The van der Waals surface area contributed by atoms with Crippen LogP contribution < -0.4 is 15.0 Å². The first-order valence-corrected chi connectivity index (χ1v) is 7.95. The number of H-pyrrole nitrogens is 1. The molecule has 0 amide bonds. The lowest BCUT2D eigenvalue weighted by molar-refractivity contribution is -0.140. The van der Waals surface area contributed by atoms with Crippen molar-refractivity contribution in [3.05, 3.63) is 51.4 Å². The van der Waals surface area contributed by atoms with E-state index in [0.717, 1.165) is 13.3 Å². The normalized spacial score (nSPS) is 13.1. The molecule has 0 radical (unpaired) electrons. The van der Waals surface area contributed by atoms with Gasteiger partial charge in [0.05, 0.1) is 26.2 Å². The first kappa shape index (κ1) is 18.3. The summed E-state index contributed by atoms with van der Waals surface area (Å²) in [5, 5.41) is 10.6. The van der Waals surface area contributed by atoms with Crippen molar-refractivity contribution in [1.82, 2.24) is 4.98 Å². The molecule has 0 fully saturated rings. The summed E-state index contributed by atoms with van der Waals surface area (Å²) in [6, 6.07) is 4.89. The number of carbonyl (C=O) groups excluding carboxylic acids is 2. The van der Waals surface area contributed by atoms with Crippen molar-refractivity contribution in [2.45, 2.75) is 12.3 Å². The van der Waals surface area contributed by atoms with Crippen LogP contribution in [0, 0.1) is 0 Å². The largest absolute Gasteiger partial charge is 0.506 e. The van der Waals surface area contributed by atoms with Crippen LogP contribution in [0.3, 0.4) is 0 Å². The standard InChI is InChI=1S/C18H17NO8/c1-24-14(20)6-10(9-3-4-12-13(5-9)27-8-26-12)15-16(21)11(18(23)25-2)7-19-17(15)22/h3-5,7,10H,6,8H2,1-2H3,(H2,19,21,22). The number of pyridine rings is 1. The summed E-state index contributed by atoms with van der Waals surface area (Å²) in [7, 11) is 2.37. The molecule has 1 aliphatic rings. The van der Waals surface area contributed by atoms with Crippen molar-refractivity contribution < 1.29 is 33.6 Å². The molecule has 1 aliphatic heterocycles. The maximum Gasteiger partial charge on any atom is 0.343 e. The summed E-state index contributed by atoms with van der Waals surface area (Å²) in [6.45, 7) is 0.0596. The number of methoxy groups -OCH3 is 2. The zero-order valence-corrected chi connectivity index (χ0v) is 14.6. The Morgan fingerprint density at radius 1 is 1.22 bits per heavy atom. The topological polar surface area (TPSA) is 124 Å². The Morgan fingerprint density at radius 3 is 2.67 bits per heavy atom. The molecule has 2 N–H and O–H groups in total. The fourth-order valence-corrected chi connectivity index (χ4v) is 2.89. The van der Waals surface area contributed by atoms with Crippen molar-refractivity contribution in [3.8, 4) is 17.2 Å². The molecule has 142 valence electrons. The van der Waals surface area contributed by atoms with Gasteiger partial charge in [-0.3, -0.25) is 9.59 Å². The van der Waals surface area contributed by atoms with Crippen molar-refractivity contribution in [2.75, 3.05) is 21.0 Å². The van der Waals surface area contributed by atoms with E-state index in [0.29, 0.717) is 17.1 Å². The molecular formula is C18H17NO8. The first-order valence-electron chi connectivity index (χ1n) is 7.95. The average Bonchev–Trinajstić information content (AvgIpc) is 3.14. The van der Waals surface area contributed by atoms with E-state index in [1.165, 1.54) is 7.11 Å². The number of esters is 2. The number of nitrogens with one attached hydrogen (secondary N) is 1. The molecule has 1 aromatic heterocycles. The van der Waals surface area contributed by atoms with Gasteiger partial charge >= 0.3 is 11.9 Å². The van der Waals surface area contributed by atoms with Gasteiger partial charge in [0.2, 0.25) is 6.79 Å². The molecule has 0 spiro atoms. The summed E-state index contributed by atoms with van der Waals surface area (Å²) in [5.41, 5.74) is -0.510. The van der Waals surface area contributed by atoms with Crippen LogP contribution in [0.4, 0.5) is 0 Å². The maximum atomic E-state index is 12.4. The van der Waals surface area contributed by atoms with Crippen molar-refractivity contribution in [3.63, 3.8) is 0 Å². The lowest BCUT2D eigenvalue weighted by Crippen LogP contribution is -2.22. The summed E-state index contributed by atoms with van der Waals surface area (Å²) in [5.74, 6) is -1.90. The van der Waals surface area contributed by atoms with E-state index in [1.54, 1.807) is 18.2 Å². The molecule has 3 rings (SSSR count). The zero-order valence-electron chi connectivity index (χ0n) is 14.6. The number of aromatic nitrogens is 1. The van der Waals surface area contributed by atoms with Gasteiger partial charge in [-0.05, 0) is 17.7 Å². The van der Waals surface area contributed by atoms with Gasteiger partial charge in [0.25, 0.3) is 5.56 Å². The number of fused-ring (bicyclic) bond motifs is 1. The van der Waals surface area contributed by atoms with E-state index in [2.05, 4.69) is 9.72 Å². The molecule has 0 saturated carbocycles. The number of carbonyl (C=O) groups is 2. The molecular weight excluding hydrogens is 358 g/mol. The molecule has 2 aromatic rings. The second-order valence-corrected chi connectivity index (χ2v) is 5.73. The fourth-order valence-electron chi connectivity index (χ4n) is 2.89. The highest BCUT2D eigenvalue weighted by Crippen LogP contribution is 2.39. The van der Waals surface area contributed by atoms with E-state index in [-0.39, 0.29) is 24.3 Å². The van der Waals surface area contributed by atoms with E-state index >= 15 is 0 Å². The van der Waals surface area contributed by atoms with Crippen LogP contribution >= 0.6 is 0 Å². The summed E-state index contributed by atoms with van der Waals surface area (Å²) in [6.07, 6.45) is 0.819. The molecule has 0 bridgehead atoms. The molecule has 1 unspecified atom stereocenters. The molecule has 1 aromatic carbocycles. The third-order valence-electron chi connectivity index (χ3n) is 4.25. The lowest BCUT2D eigenvalue weighted by Gasteiger charge is -2.18. The number of ether oxygens (including phenoxy) is 4. The predicted molar refractivity (Wildman–Crippen MR) is 91.1 cm³/mol. The van der Waals surface area contributed by atoms with Gasteiger partial charge in [0.15, 0.2) is 11.5 Å². The minimum Gasteiger partial charge on any atom is -0.506 e. The summed E-state index contributed by atoms with van der Waals surface area (Å²) >= 11 is 0. The minimum atomic E-state index is -0.889. The van der Waals surface area contributed by atoms with Crippen molar-refractivity contribution >= 4 is 11.9 Å². The fraction of sp³-hybridized carbons (Fsp3) is 0.278. The van der Waals surface area contributed by atoms with Gasteiger partial charge < -0.3 is 29.0 Å². The summed E-state index contributed by atoms with van der Waals surface area (Å²) in [4.78, 5) is 38.6.